The van der Waals surface area contributed by atoms with E-state index in [0.29, 0.717) is 11.5 Å². The topological polar surface area (TPSA) is 37.8 Å². The van der Waals surface area contributed by atoms with Gasteiger partial charge in [-0.3, -0.25) is 0 Å². The van der Waals surface area contributed by atoms with Gasteiger partial charge in [-0.2, -0.15) is 0 Å². The van der Waals surface area contributed by atoms with Crippen LogP contribution in [0, 0.1) is 12.7 Å². The molecular formula is C17H15ClFN3. The summed E-state index contributed by atoms with van der Waals surface area (Å²) in [6, 6.07) is 8.64. The molecule has 3 aromatic rings. The van der Waals surface area contributed by atoms with E-state index in [9.17, 15) is 4.39 Å². The first kappa shape index (κ1) is 14.7. The molecule has 0 aliphatic carbocycles. The summed E-state index contributed by atoms with van der Waals surface area (Å²) < 4.78 is 13.2. The third-order valence-electron chi connectivity index (χ3n) is 3.66. The van der Waals surface area contributed by atoms with Gasteiger partial charge in [0.05, 0.1) is 10.5 Å². The normalized spacial score (nSPS) is 10.9. The van der Waals surface area contributed by atoms with Crippen molar-refractivity contribution in [3.8, 4) is 0 Å². The predicted molar refractivity (Wildman–Crippen MR) is 88.3 cm³/mol. The molecule has 22 heavy (non-hydrogen) atoms. The van der Waals surface area contributed by atoms with Crippen LogP contribution in [-0.4, -0.2) is 9.97 Å². The zero-order chi connectivity index (χ0) is 15.7. The Morgan fingerprint density at radius 1 is 1.18 bits per heavy atom. The van der Waals surface area contributed by atoms with Crippen molar-refractivity contribution in [2.75, 3.05) is 5.32 Å². The van der Waals surface area contributed by atoms with Gasteiger partial charge in [-0.25, -0.2) is 14.4 Å². The number of aromatic nitrogens is 2. The highest BCUT2D eigenvalue weighted by atomic mass is 35.5. The van der Waals surface area contributed by atoms with Crippen LogP contribution in [0.25, 0.3) is 10.9 Å². The number of benzene rings is 2. The standard InChI is InChI=1S/C17H15ClFN3/c1-3-11-7-16-13(6-10(11)2)17(21-9-20-16)22-12-4-5-15(19)14(18)8-12/h4-9H,3H2,1-2H3,(H,20,21,22). The number of anilines is 2. The average molecular weight is 316 g/mol. The van der Waals surface area contributed by atoms with Crippen LogP contribution in [0.1, 0.15) is 18.1 Å². The van der Waals surface area contributed by atoms with E-state index < -0.39 is 5.82 Å². The molecule has 112 valence electrons. The Bertz CT molecular complexity index is 849. The van der Waals surface area contributed by atoms with Gasteiger partial charge in [0.15, 0.2) is 0 Å². The summed E-state index contributed by atoms with van der Waals surface area (Å²) >= 11 is 5.82. The number of nitrogens with one attached hydrogen (secondary N) is 1. The minimum absolute atomic E-state index is 0.0767. The Morgan fingerprint density at radius 3 is 2.73 bits per heavy atom. The van der Waals surface area contributed by atoms with Crippen molar-refractivity contribution in [3.05, 3.63) is 58.6 Å². The van der Waals surface area contributed by atoms with Crippen LogP contribution in [0.4, 0.5) is 15.9 Å². The SMILES string of the molecule is CCc1cc2ncnc(Nc3ccc(F)c(Cl)c3)c2cc1C. The maximum atomic E-state index is 13.2. The van der Waals surface area contributed by atoms with E-state index in [2.05, 4.69) is 41.3 Å². The molecule has 1 heterocycles. The quantitative estimate of drug-likeness (QED) is 0.736. The van der Waals surface area contributed by atoms with E-state index in [1.165, 1.54) is 29.6 Å². The minimum Gasteiger partial charge on any atom is -0.340 e. The fraction of sp³-hybridized carbons (Fsp3) is 0.176. The summed E-state index contributed by atoms with van der Waals surface area (Å²) in [5.74, 6) is 0.238. The van der Waals surface area contributed by atoms with Crippen molar-refractivity contribution in [1.29, 1.82) is 0 Å². The molecule has 3 nitrogen and oxygen atoms in total. The van der Waals surface area contributed by atoms with Gasteiger partial charge < -0.3 is 5.32 Å². The van der Waals surface area contributed by atoms with Gasteiger partial charge in [-0.1, -0.05) is 18.5 Å². The van der Waals surface area contributed by atoms with E-state index in [1.807, 2.05) is 0 Å². The summed E-state index contributed by atoms with van der Waals surface area (Å²) in [7, 11) is 0. The van der Waals surface area contributed by atoms with Gasteiger partial charge in [0.25, 0.3) is 0 Å². The molecule has 5 heteroatoms. The van der Waals surface area contributed by atoms with E-state index in [0.717, 1.165) is 17.3 Å². The van der Waals surface area contributed by atoms with Gasteiger partial charge >= 0.3 is 0 Å². The molecule has 0 spiro atoms. The maximum absolute atomic E-state index is 13.2. The zero-order valence-electron chi connectivity index (χ0n) is 12.3. The van der Waals surface area contributed by atoms with Gasteiger partial charge in [0, 0.05) is 11.1 Å². The molecule has 0 saturated carbocycles. The van der Waals surface area contributed by atoms with Gasteiger partial charge in [-0.05, 0) is 54.8 Å². The van der Waals surface area contributed by atoms with Crippen molar-refractivity contribution >= 4 is 34.0 Å². The highest BCUT2D eigenvalue weighted by Crippen LogP contribution is 2.27. The zero-order valence-corrected chi connectivity index (χ0v) is 13.1. The molecule has 3 rings (SSSR count). The van der Waals surface area contributed by atoms with Crippen molar-refractivity contribution < 1.29 is 4.39 Å². The van der Waals surface area contributed by atoms with Gasteiger partial charge in [0.2, 0.25) is 0 Å². The number of rotatable bonds is 3. The molecule has 0 amide bonds. The Hall–Kier alpha value is -2.20. The van der Waals surface area contributed by atoms with Crippen LogP contribution in [0.3, 0.4) is 0 Å². The van der Waals surface area contributed by atoms with E-state index in [1.54, 1.807) is 6.07 Å². The highest BCUT2D eigenvalue weighted by Gasteiger charge is 2.08. The lowest BCUT2D eigenvalue weighted by Gasteiger charge is -2.11. The van der Waals surface area contributed by atoms with Gasteiger partial charge in [-0.15, -0.1) is 0 Å². The summed E-state index contributed by atoms with van der Waals surface area (Å²) in [5, 5.41) is 4.18. The van der Waals surface area contributed by atoms with Crippen LogP contribution in [0.15, 0.2) is 36.7 Å². The third kappa shape index (κ3) is 2.74. The van der Waals surface area contributed by atoms with Crippen molar-refractivity contribution in [2.45, 2.75) is 20.3 Å². The molecule has 0 aliphatic heterocycles. The largest absolute Gasteiger partial charge is 0.340 e. The summed E-state index contributed by atoms with van der Waals surface area (Å²) in [5.41, 5.74) is 4.03. The van der Waals surface area contributed by atoms with E-state index >= 15 is 0 Å². The number of aryl methyl sites for hydroxylation is 2. The smallest absolute Gasteiger partial charge is 0.141 e. The van der Waals surface area contributed by atoms with E-state index in [-0.39, 0.29) is 5.02 Å². The first-order chi connectivity index (χ1) is 10.6. The Morgan fingerprint density at radius 2 is 2.00 bits per heavy atom. The molecule has 1 N–H and O–H groups in total. The van der Waals surface area contributed by atoms with Crippen molar-refractivity contribution in [2.24, 2.45) is 0 Å². The molecular weight excluding hydrogens is 301 g/mol. The lowest BCUT2D eigenvalue weighted by atomic mass is 10.0. The molecule has 0 fully saturated rings. The second-order valence-electron chi connectivity index (χ2n) is 5.13. The Balaban J connectivity index is 2.06. The minimum atomic E-state index is -0.441. The fourth-order valence-corrected chi connectivity index (χ4v) is 2.63. The van der Waals surface area contributed by atoms with Crippen molar-refractivity contribution in [1.82, 2.24) is 9.97 Å². The second kappa shape index (κ2) is 5.89. The molecule has 2 aromatic carbocycles. The number of hydrogen-bond donors (Lipinski definition) is 1. The fourth-order valence-electron chi connectivity index (χ4n) is 2.45. The first-order valence-electron chi connectivity index (χ1n) is 7.04. The van der Waals surface area contributed by atoms with Crippen LogP contribution in [0.2, 0.25) is 5.02 Å². The second-order valence-corrected chi connectivity index (χ2v) is 5.53. The summed E-state index contributed by atoms with van der Waals surface area (Å²) in [6.45, 7) is 4.19. The monoisotopic (exact) mass is 315 g/mol. The Kier molecular flexibility index (Phi) is 3.94. The number of fused-ring (bicyclic) bond motifs is 1. The third-order valence-corrected chi connectivity index (χ3v) is 3.95. The molecule has 0 saturated heterocycles. The summed E-state index contributed by atoms with van der Waals surface area (Å²) in [6.07, 6.45) is 2.48. The highest BCUT2D eigenvalue weighted by molar-refractivity contribution is 6.31. The number of hydrogen-bond acceptors (Lipinski definition) is 3. The molecule has 0 bridgehead atoms. The maximum Gasteiger partial charge on any atom is 0.141 e. The van der Waals surface area contributed by atoms with Crippen LogP contribution in [-0.2, 0) is 6.42 Å². The van der Waals surface area contributed by atoms with Crippen LogP contribution in [0.5, 0.6) is 0 Å². The molecule has 0 atom stereocenters. The molecule has 0 unspecified atom stereocenters. The number of nitrogens with zero attached hydrogens (tertiary/aromatic N) is 2. The first-order valence-corrected chi connectivity index (χ1v) is 7.42. The molecule has 1 aromatic heterocycles. The summed E-state index contributed by atoms with van der Waals surface area (Å²) in [4.78, 5) is 8.62. The predicted octanol–water partition coefficient (Wildman–Crippen LogP) is 5.04. The Labute approximate surface area is 133 Å². The van der Waals surface area contributed by atoms with Crippen LogP contribution >= 0.6 is 11.6 Å². The lowest BCUT2D eigenvalue weighted by Crippen LogP contribution is -1.98. The average Bonchev–Trinajstić information content (AvgIpc) is 2.51. The van der Waals surface area contributed by atoms with Crippen molar-refractivity contribution in [3.63, 3.8) is 0 Å². The van der Waals surface area contributed by atoms with Crippen LogP contribution < -0.4 is 5.32 Å². The van der Waals surface area contributed by atoms with Gasteiger partial charge in [0.1, 0.15) is 18.0 Å². The van der Waals surface area contributed by atoms with E-state index in [4.69, 9.17) is 11.6 Å². The molecule has 0 aliphatic rings. The lowest BCUT2D eigenvalue weighted by molar-refractivity contribution is 0.628. The number of halogens is 2. The molecule has 0 radical (unpaired) electrons.